The fourth-order valence-corrected chi connectivity index (χ4v) is 4.12. The zero-order valence-electron chi connectivity index (χ0n) is 19.7. The number of esters is 1. The number of halogens is 2. The van der Waals surface area contributed by atoms with Crippen LogP contribution in [0.5, 0.6) is 11.5 Å². The van der Waals surface area contributed by atoms with Gasteiger partial charge < -0.3 is 23.7 Å². The molecule has 3 aromatic rings. The Hall–Kier alpha value is -4.21. The minimum absolute atomic E-state index is 0.0293. The number of rotatable bonds is 9. The van der Waals surface area contributed by atoms with E-state index >= 15 is 0 Å². The van der Waals surface area contributed by atoms with Gasteiger partial charge in [0.1, 0.15) is 11.5 Å². The quantitative estimate of drug-likeness (QED) is 0.324. The van der Waals surface area contributed by atoms with E-state index in [-0.39, 0.29) is 37.0 Å². The van der Waals surface area contributed by atoms with Gasteiger partial charge in [-0.15, -0.1) is 0 Å². The first-order valence-corrected chi connectivity index (χ1v) is 11.2. The minimum Gasteiger partial charge on any atom is -0.482 e. The van der Waals surface area contributed by atoms with Crippen molar-refractivity contribution in [1.82, 2.24) is 4.57 Å². The van der Waals surface area contributed by atoms with Gasteiger partial charge in [-0.1, -0.05) is 12.1 Å². The van der Waals surface area contributed by atoms with Gasteiger partial charge in [0.2, 0.25) is 5.78 Å². The molecule has 1 aromatic heterocycles. The number of ether oxygens (including phenoxy) is 3. The number of hydrogen-bond donors (Lipinski definition) is 0. The number of carbonyl (C=O) groups excluding carboxylic acids is 3. The molecular formula is C26H24F2N2O6. The van der Waals surface area contributed by atoms with E-state index in [0.29, 0.717) is 28.4 Å². The summed E-state index contributed by atoms with van der Waals surface area (Å²) in [5.74, 6) is -0.663. The lowest BCUT2D eigenvalue weighted by Crippen LogP contribution is -2.40. The molecule has 2 heterocycles. The highest BCUT2D eigenvalue weighted by Crippen LogP contribution is 2.31. The van der Waals surface area contributed by atoms with E-state index in [2.05, 4.69) is 4.74 Å². The summed E-state index contributed by atoms with van der Waals surface area (Å²) in [5.41, 5.74) is 2.99. The number of benzene rings is 2. The molecule has 36 heavy (non-hydrogen) atoms. The zero-order valence-corrected chi connectivity index (χ0v) is 19.7. The Kier molecular flexibility index (Phi) is 7.33. The maximum Gasteiger partial charge on any atom is 0.387 e. The number of amides is 1. The summed E-state index contributed by atoms with van der Waals surface area (Å²) < 4.78 is 41.5. The van der Waals surface area contributed by atoms with Crippen molar-refractivity contribution in [3.63, 3.8) is 0 Å². The molecule has 0 radical (unpaired) electrons. The van der Waals surface area contributed by atoms with Crippen molar-refractivity contribution in [1.29, 1.82) is 0 Å². The molecule has 1 aliphatic rings. The van der Waals surface area contributed by atoms with Gasteiger partial charge in [0.15, 0.2) is 13.2 Å². The molecule has 8 nitrogen and oxygen atoms in total. The summed E-state index contributed by atoms with van der Waals surface area (Å²) in [6, 6.07) is 14.8. The summed E-state index contributed by atoms with van der Waals surface area (Å²) in [6.45, 7) is 0.179. The summed E-state index contributed by atoms with van der Waals surface area (Å²) >= 11 is 0. The molecule has 0 N–H and O–H groups in total. The Labute approximate surface area is 206 Å². The summed E-state index contributed by atoms with van der Waals surface area (Å²) in [6.07, 6.45) is -0.0839. The minimum atomic E-state index is -2.91. The molecule has 0 bridgehead atoms. The second-order valence-electron chi connectivity index (χ2n) is 8.13. The number of para-hydroxylation sites is 2. The van der Waals surface area contributed by atoms with E-state index in [9.17, 15) is 23.2 Å². The third-order valence-electron chi connectivity index (χ3n) is 5.76. The van der Waals surface area contributed by atoms with Gasteiger partial charge in [0.25, 0.3) is 5.91 Å². The maximum absolute atomic E-state index is 12.8. The molecule has 0 atom stereocenters. The molecule has 2 aromatic carbocycles. The van der Waals surface area contributed by atoms with Crippen molar-refractivity contribution in [3.8, 4) is 17.2 Å². The summed E-state index contributed by atoms with van der Waals surface area (Å²) in [5, 5.41) is 0. The zero-order chi connectivity index (χ0) is 25.8. The van der Waals surface area contributed by atoms with Crippen LogP contribution in [0.3, 0.4) is 0 Å². The Morgan fingerprint density at radius 2 is 1.81 bits per heavy atom. The summed E-state index contributed by atoms with van der Waals surface area (Å²) in [7, 11) is 0. The molecular weight excluding hydrogens is 474 g/mol. The fraction of sp³-hybridized carbons (Fsp3) is 0.269. The Morgan fingerprint density at radius 3 is 2.53 bits per heavy atom. The van der Waals surface area contributed by atoms with Crippen LogP contribution < -0.4 is 14.4 Å². The topological polar surface area (TPSA) is 87.1 Å². The lowest BCUT2D eigenvalue weighted by molar-refractivity contribution is -0.142. The van der Waals surface area contributed by atoms with Crippen molar-refractivity contribution < 1.29 is 37.4 Å². The molecule has 10 heteroatoms. The normalized spacial score (nSPS) is 12.8. The molecule has 0 saturated carbocycles. The van der Waals surface area contributed by atoms with E-state index in [1.165, 1.54) is 17.0 Å². The maximum atomic E-state index is 12.8. The van der Waals surface area contributed by atoms with Crippen LogP contribution in [0, 0.1) is 13.8 Å². The molecule has 4 rings (SSSR count). The largest absolute Gasteiger partial charge is 0.482 e. The van der Waals surface area contributed by atoms with Crippen LogP contribution in [-0.4, -0.2) is 48.6 Å². The number of Topliss-reactive ketones (excluding diaryl/α,β-unsaturated/α-hetero) is 1. The smallest absolute Gasteiger partial charge is 0.387 e. The highest BCUT2D eigenvalue weighted by molar-refractivity contribution is 6.00. The molecule has 188 valence electrons. The Bertz CT molecular complexity index is 1290. The van der Waals surface area contributed by atoms with Crippen LogP contribution in [0.1, 0.15) is 28.2 Å². The highest BCUT2D eigenvalue weighted by atomic mass is 19.3. The highest BCUT2D eigenvalue weighted by Gasteiger charge is 2.26. The lowest BCUT2D eigenvalue weighted by Gasteiger charge is -2.28. The monoisotopic (exact) mass is 498 g/mol. The van der Waals surface area contributed by atoms with E-state index in [0.717, 1.165) is 5.69 Å². The average Bonchev–Trinajstić information content (AvgIpc) is 3.15. The Balaban J connectivity index is 1.36. The molecule has 0 saturated heterocycles. The van der Waals surface area contributed by atoms with Gasteiger partial charge >= 0.3 is 12.6 Å². The van der Waals surface area contributed by atoms with Crippen molar-refractivity contribution in [2.75, 3.05) is 24.7 Å². The van der Waals surface area contributed by atoms with Gasteiger partial charge in [-0.2, -0.15) is 8.78 Å². The van der Waals surface area contributed by atoms with E-state index in [1.54, 1.807) is 60.9 Å². The van der Waals surface area contributed by atoms with Crippen LogP contribution in [0.15, 0.2) is 54.6 Å². The first-order valence-electron chi connectivity index (χ1n) is 11.2. The molecule has 0 unspecified atom stereocenters. The SMILES string of the molecule is Cc1cc(C(=O)COC(=O)CCN2C(=O)COc3ccccc32)c(C)n1-c1ccc(OC(F)F)cc1. The molecule has 1 aliphatic heterocycles. The predicted molar refractivity (Wildman–Crippen MR) is 126 cm³/mol. The van der Waals surface area contributed by atoms with Gasteiger partial charge in [0.05, 0.1) is 12.1 Å². The van der Waals surface area contributed by atoms with Crippen molar-refractivity contribution >= 4 is 23.3 Å². The van der Waals surface area contributed by atoms with E-state index < -0.39 is 19.2 Å². The van der Waals surface area contributed by atoms with Crippen LogP contribution in [-0.2, 0) is 14.3 Å². The van der Waals surface area contributed by atoms with Crippen LogP contribution in [0.4, 0.5) is 14.5 Å². The van der Waals surface area contributed by atoms with Crippen molar-refractivity contribution in [3.05, 3.63) is 71.5 Å². The van der Waals surface area contributed by atoms with Gasteiger partial charge in [-0.05, 0) is 56.3 Å². The fourth-order valence-electron chi connectivity index (χ4n) is 4.12. The number of alkyl halides is 2. The number of anilines is 1. The summed E-state index contributed by atoms with van der Waals surface area (Å²) in [4.78, 5) is 38.8. The number of aromatic nitrogens is 1. The number of hydrogen-bond acceptors (Lipinski definition) is 6. The Morgan fingerprint density at radius 1 is 1.08 bits per heavy atom. The molecule has 0 aliphatic carbocycles. The van der Waals surface area contributed by atoms with Crippen LogP contribution >= 0.6 is 0 Å². The molecule has 1 amide bonds. The first kappa shape index (κ1) is 24.9. The lowest BCUT2D eigenvalue weighted by atomic mass is 10.1. The van der Waals surface area contributed by atoms with E-state index in [4.69, 9.17) is 9.47 Å². The standard InChI is InChI=1S/C26H24F2N2O6/c1-16-13-20(17(2)30(16)18-7-9-19(10-8-18)36-26(27)28)22(31)14-35-25(33)11-12-29-21-5-3-4-6-23(21)34-15-24(29)32/h3-10,13,26H,11-12,14-15H2,1-2H3. The van der Waals surface area contributed by atoms with Gasteiger partial charge in [0, 0.05) is 29.2 Å². The third-order valence-corrected chi connectivity index (χ3v) is 5.76. The molecule has 0 spiro atoms. The van der Waals surface area contributed by atoms with Crippen LogP contribution in [0.2, 0.25) is 0 Å². The number of carbonyl (C=O) groups is 3. The van der Waals surface area contributed by atoms with Crippen molar-refractivity contribution in [2.45, 2.75) is 26.9 Å². The second kappa shape index (κ2) is 10.6. The van der Waals surface area contributed by atoms with Crippen molar-refractivity contribution in [2.24, 2.45) is 0 Å². The number of nitrogens with zero attached hydrogens (tertiary/aromatic N) is 2. The predicted octanol–water partition coefficient (Wildman–Crippen LogP) is 4.24. The van der Waals surface area contributed by atoms with Crippen LogP contribution in [0.25, 0.3) is 5.69 Å². The second-order valence-corrected chi connectivity index (χ2v) is 8.13. The first-order chi connectivity index (χ1) is 17.2. The third kappa shape index (κ3) is 5.37. The van der Waals surface area contributed by atoms with E-state index in [1.807, 2.05) is 0 Å². The average molecular weight is 498 g/mol. The molecule has 0 fully saturated rings. The van der Waals surface area contributed by atoms with Gasteiger partial charge in [-0.3, -0.25) is 14.4 Å². The number of ketones is 1. The number of fused-ring (bicyclic) bond motifs is 1. The van der Waals surface area contributed by atoms with Gasteiger partial charge in [-0.25, -0.2) is 0 Å². The number of aryl methyl sites for hydroxylation is 1.